The number of carbonyl (C=O) groups excluding carboxylic acids is 1. The number of nitrogens with one attached hydrogen (secondary N) is 1. The highest BCUT2D eigenvalue weighted by Gasteiger charge is 2.16. The molecule has 0 aliphatic carbocycles. The lowest BCUT2D eigenvalue weighted by Crippen LogP contribution is -2.15. The molecule has 0 aliphatic rings. The molecule has 0 aliphatic heterocycles. The van der Waals surface area contributed by atoms with Crippen molar-refractivity contribution in [1.29, 1.82) is 0 Å². The number of benzene rings is 2. The third-order valence-corrected chi connectivity index (χ3v) is 4.89. The van der Waals surface area contributed by atoms with Crippen molar-refractivity contribution < 1.29 is 9.18 Å². The van der Waals surface area contributed by atoms with Crippen LogP contribution in [0.1, 0.15) is 16.1 Å². The number of aromatic nitrogens is 2. The zero-order chi connectivity index (χ0) is 18.5. The molecule has 8 heteroatoms. The Labute approximate surface area is 163 Å². The molecule has 1 heterocycles. The van der Waals surface area contributed by atoms with Crippen LogP contribution in [0.25, 0.3) is 0 Å². The molecule has 1 aromatic heterocycles. The van der Waals surface area contributed by atoms with Gasteiger partial charge in [-0.15, -0.1) is 0 Å². The third kappa shape index (κ3) is 4.52. The summed E-state index contributed by atoms with van der Waals surface area (Å²) in [5, 5.41) is 3.50. The largest absolute Gasteiger partial charge is 0.319 e. The van der Waals surface area contributed by atoms with Crippen LogP contribution in [0.4, 0.5) is 10.1 Å². The number of anilines is 1. The first kappa shape index (κ1) is 18.6. The summed E-state index contributed by atoms with van der Waals surface area (Å²) < 4.78 is 13.7. The minimum absolute atomic E-state index is 0.0256. The number of thioether (sulfide) groups is 1. The smallest absolute Gasteiger partial charge is 0.276 e. The summed E-state index contributed by atoms with van der Waals surface area (Å²) in [6.07, 6.45) is 1.35. The van der Waals surface area contributed by atoms with Crippen molar-refractivity contribution in [2.24, 2.45) is 0 Å². The zero-order valence-electron chi connectivity index (χ0n) is 13.2. The van der Waals surface area contributed by atoms with Crippen molar-refractivity contribution in [2.45, 2.75) is 10.9 Å². The van der Waals surface area contributed by atoms with E-state index < -0.39 is 5.91 Å². The minimum Gasteiger partial charge on any atom is -0.319 e. The summed E-state index contributed by atoms with van der Waals surface area (Å²) in [6, 6.07) is 13.3. The second-order valence-electron chi connectivity index (χ2n) is 5.16. The molecule has 0 radical (unpaired) electrons. The van der Waals surface area contributed by atoms with Crippen molar-refractivity contribution in [1.82, 2.24) is 9.97 Å². The van der Waals surface area contributed by atoms with E-state index in [2.05, 4.69) is 15.3 Å². The second-order valence-corrected chi connectivity index (χ2v) is 6.92. The van der Waals surface area contributed by atoms with Crippen molar-refractivity contribution >= 4 is 46.6 Å². The highest BCUT2D eigenvalue weighted by atomic mass is 35.5. The van der Waals surface area contributed by atoms with Gasteiger partial charge in [0.25, 0.3) is 5.91 Å². The molecule has 3 rings (SSSR count). The number of para-hydroxylation sites is 1. The topological polar surface area (TPSA) is 54.9 Å². The van der Waals surface area contributed by atoms with Gasteiger partial charge in [0.2, 0.25) is 0 Å². The van der Waals surface area contributed by atoms with E-state index >= 15 is 0 Å². The van der Waals surface area contributed by atoms with E-state index in [9.17, 15) is 9.18 Å². The molecule has 26 heavy (non-hydrogen) atoms. The number of hydrogen-bond donors (Lipinski definition) is 1. The maximum Gasteiger partial charge on any atom is 0.276 e. The third-order valence-electron chi connectivity index (χ3n) is 3.37. The van der Waals surface area contributed by atoms with Crippen LogP contribution in [-0.4, -0.2) is 15.9 Å². The molecule has 0 unspecified atom stereocenters. The van der Waals surface area contributed by atoms with Crippen LogP contribution in [0, 0.1) is 5.82 Å². The first-order chi connectivity index (χ1) is 12.5. The molecule has 1 N–H and O–H groups in total. The van der Waals surface area contributed by atoms with E-state index in [1.165, 1.54) is 24.0 Å². The lowest BCUT2D eigenvalue weighted by molar-refractivity contribution is 0.102. The number of nitrogens with zero attached hydrogens (tertiary/aromatic N) is 2. The Bertz CT molecular complexity index is 955. The van der Waals surface area contributed by atoms with Crippen molar-refractivity contribution in [3.8, 4) is 0 Å². The van der Waals surface area contributed by atoms with E-state index in [4.69, 9.17) is 23.2 Å². The second kappa shape index (κ2) is 8.49. The Morgan fingerprint density at radius 1 is 1.08 bits per heavy atom. The molecule has 2 aromatic carbocycles. The fourth-order valence-electron chi connectivity index (χ4n) is 2.08. The Hall–Kier alpha value is -2.15. The lowest BCUT2D eigenvalue weighted by atomic mass is 10.2. The quantitative estimate of drug-likeness (QED) is 0.450. The summed E-state index contributed by atoms with van der Waals surface area (Å²) in [5.74, 6) is -0.469. The fourth-order valence-corrected chi connectivity index (χ4v) is 3.24. The van der Waals surface area contributed by atoms with Crippen molar-refractivity contribution in [2.75, 3.05) is 5.32 Å². The number of rotatable bonds is 5. The Balaban J connectivity index is 1.76. The summed E-state index contributed by atoms with van der Waals surface area (Å²) >= 11 is 13.3. The molecule has 4 nitrogen and oxygen atoms in total. The van der Waals surface area contributed by atoms with Gasteiger partial charge in [0.1, 0.15) is 5.82 Å². The monoisotopic (exact) mass is 407 g/mol. The van der Waals surface area contributed by atoms with E-state index in [-0.39, 0.29) is 16.5 Å². The van der Waals surface area contributed by atoms with Gasteiger partial charge in [-0.25, -0.2) is 14.4 Å². The van der Waals surface area contributed by atoms with Crippen LogP contribution in [-0.2, 0) is 5.75 Å². The first-order valence-electron chi connectivity index (χ1n) is 7.49. The van der Waals surface area contributed by atoms with Gasteiger partial charge in [0.15, 0.2) is 10.9 Å². The minimum atomic E-state index is -0.502. The van der Waals surface area contributed by atoms with Crippen LogP contribution < -0.4 is 5.32 Å². The molecule has 3 aromatic rings. The summed E-state index contributed by atoms with van der Waals surface area (Å²) in [4.78, 5) is 20.7. The maximum atomic E-state index is 13.7. The molecule has 132 valence electrons. The van der Waals surface area contributed by atoms with Gasteiger partial charge in [-0.3, -0.25) is 4.79 Å². The number of carbonyl (C=O) groups is 1. The molecular weight excluding hydrogens is 396 g/mol. The fraction of sp³-hybridized carbons (Fsp3) is 0.0556. The van der Waals surface area contributed by atoms with Crippen LogP contribution >= 0.6 is 35.0 Å². The molecule has 0 spiro atoms. The molecule has 0 saturated carbocycles. The maximum absolute atomic E-state index is 13.7. The average molecular weight is 408 g/mol. The summed E-state index contributed by atoms with van der Waals surface area (Å²) in [6.45, 7) is 0. The molecule has 0 atom stereocenters. The average Bonchev–Trinajstić information content (AvgIpc) is 2.64. The van der Waals surface area contributed by atoms with Gasteiger partial charge < -0.3 is 5.32 Å². The molecule has 1 amide bonds. The molecule has 0 saturated heterocycles. The molecule has 0 bridgehead atoms. The predicted octanol–water partition coefficient (Wildman–Crippen LogP) is 5.47. The van der Waals surface area contributed by atoms with Crippen molar-refractivity contribution in [3.05, 3.63) is 81.8 Å². The number of amides is 1. The highest BCUT2D eigenvalue weighted by Crippen LogP contribution is 2.25. The summed E-state index contributed by atoms with van der Waals surface area (Å²) in [5.41, 5.74) is 1.00. The SMILES string of the molecule is O=C(Nc1ccccc1Cl)c1nc(SCc2ccccc2F)ncc1Cl. The van der Waals surface area contributed by atoms with E-state index in [1.54, 1.807) is 42.5 Å². The Morgan fingerprint density at radius 2 is 1.81 bits per heavy atom. The Morgan fingerprint density at radius 3 is 2.58 bits per heavy atom. The van der Waals surface area contributed by atoms with Gasteiger partial charge in [0.05, 0.1) is 21.9 Å². The standard InChI is InChI=1S/C18H12Cl2FN3OS/c19-12-6-2-4-8-15(12)23-17(25)16-13(20)9-22-18(24-16)26-10-11-5-1-3-7-14(11)21/h1-9H,10H2,(H,23,25). The van der Waals surface area contributed by atoms with E-state index in [0.717, 1.165) is 0 Å². The van der Waals surface area contributed by atoms with E-state index in [1.807, 2.05) is 0 Å². The van der Waals surface area contributed by atoms with Crippen LogP contribution in [0.5, 0.6) is 0 Å². The van der Waals surface area contributed by atoms with Crippen LogP contribution in [0.2, 0.25) is 10.0 Å². The van der Waals surface area contributed by atoms with Crippen LogP contribution in [0.3, 0.4) is 0 Å². The van der Waals surface area contributed by atoms with Crippen LogP contribution in [0.15, 0.2) is 59.9 Å². The zero-order valence-corrected chi connectivity index (χ0v) is 15.6. The normalized spacial score (nSPS) is 10.6. The number of hydrogen-bond acceptors (Lipinski definition) is 4. The molecule has 0 fully saturated rings. The highest BCUT2D eigenvalue weighted by molar-refractivity contribution is 7.98. The number of halogens is 3. The van der Waals surface area contributed by atoms with E-state index in [0.29, 0.717) is 27.2 Å². The summed E-state index contributed by atoms with van der Waals surface area (Å²) in [7, 11) is 0. The molecular formula is C18H12Cl2FN3OS. The van der Waals surface area contributed by atoms with Gasteiger partial charge >= 0.3 is 0 Å². The Kier molecular flexibility index (Phi) is 6.08. The van der Waals surface area contributed by atoms with Crippen molar-refractivity contribution in [3.63, 3.8) is 0 Å². The predicted molar refractivity (Wildman–Crippen MR) is 102 cm³/mol. The van der Waals surface area contributed by atoms with Gasteiger partial charge in [-0.2, -0.15) is 0 Å². The van der Waals surface area contributed by atoms with Gasteiger partial charge in [-0.05, 0) is 23.8 Å². The lowest BCUT2D eigenvalue weighted by Gasteiger charge is -2.08. The first-order valence-corrected chi connectivity index (χ1v) is 9.23. The van der Waals surface area contributed by atoms with Gasteiger partial charge in [0, 0.05) is 5.75 Å². The van der Waals surface area contributed by atoms with Gasteiger partial charge in [-0.1, -0.05) is 65.3 Å².